The van der Waals surface area contributed by atoms with Gasteiger partial charge in [-0.1, -0.05) is 64.0 Å². The predicted octanol–water partition coefficient (Wildman–Crippen LogP) is 5.48. The molecular formula is C22H43N2O+. The number of hydrogen-bond donors (Lipinski definition) is 1. The topological polar surface area (TPSA) is 32.6 Å². The molecule has 2 unspecified atom stereocenters. The van der Waals surface area contributed by atoms with Crippen LogP contribution in [-0.2, 0) is 0 Å². The first-order valence-electron chi connectivity index (χ1n) is 10.9. The molecular weight excluding hydrogens is 308 g/mol. The highest BCUT2D eigenvalue weighted by molar-refractivity contribution is 5.60. The summed E-state index contributed by atoms with van der Waals surface area (Å²) in [5.74, 6) is 0. The standard InChI is InChI=1S/C22H43N2O/c1-3-5-6-7-8-9-10-11-12-13-14-15-16-17-22-23-18-19-24(22,4-2)20-21-25/h13-14,18,22,25H,3-12,15-17,19-21H2,1-2H3/q+1/b14-13+. The van der Waals surface area contributed by atoms with Crippen LogP contribution >= 0.6 is 0 Å². The minimum absolute atomic E-state index is 0.270. The molecule has 1 heterocycles. The maximum Gasteiger partial charge on any atom is 0.182 e. The van der Waals surface area contributed by atoms with E-state index in [1.54, 1.807) is 0 Å². The number of aliphatic imine (C=N–C) groups is 1. The lowest BCUT2D eigenvalue weighted by atomic mass is 10.1. The van der Waals surface area contributed by atoms with Gasteiger partial charge in [-0.15, -0.1) is 0 Å². The van der Waals surface area contributed by atoms with Gasteiger partial charge in [0, 0.05) is 6.42 Å². The van der Waals surface area contributed by atoms with Gasteiger partial charge in [0.1, 0.15) is 13.1 Å². The third-order valence-corrected chi connectivity index (χ3v) is 5.75. The first-order valence-corrected chi connectivity index (χ1v) is 10.9. The van der Waals surface area contributed by atoms with Crippen molar-refractivity contribution in [2.75, 3.05) is 26.2 Å². The molecule has 1 rings (SSSR count). The molecule has 0 aromatic rings. The summed E-state index contributed by atoms with van der Waals surface area (Å²) in [4.78, 5) is 4.69. The summed E-state index contributed by atoms with van der Waals surface area (Å²) in [5.41, 5.74) is 0. The largest absolute Gasteiger partial charge is 0.391 e. The highest BCUT2D eigenvalue weighted by Gasteiger charge is 2.36. The summed E-state index contributed by atoms with van der Waals surface area (Å²) < 4.78 is 0.957. The van der Waals surface area contributed by atoms with Crippen LogP contribution in [0.2, 0.25) is 0 Å². The number of hydrogen-bond acceptors (Lipinski definition) is 2. The van der Waals surface area contributed by atoms with Gasteiger partial charge in [-0.3, -0.25) is 4.48 Å². The van der Waals surface area contributed by atoms with E-state index in [9.17, 15) is 5.11 Å². The Hall–Kier alpha value is -0.670. The molecule has 25 heavy (non-hydrogen) atoms. The van der Waals surface area contributed by atoms with Crippen LogP contribution in [0.15, 0.2) is 17.1 Å². The molecule has 0 amide bonds. The lowest BCUT2D eigenvalue weighted by Gasteiger charge is -2.37. The minimum Gasteiger partial charge on any atom is -0.391 e. The molecule has 0 aliphatic carbocycles. The molecule has 3 heteroatoms. The molecule has 0 fully saturated rings. The van der Waals surface area contributed by atoms with Crippen LogP contribution in [-0.4, -0.2) is 48.2 Å². The van der Waals surface area contributed by atoms with Crippen LogP contribution < -0.4 is 0 Å². The Labute approximate surface area is 156 Å². The zero-order valence-electron chi connectivity index (χ0n) is 17.0. The van der Waals surface area contributed by atoms with Crippen molar-refractivity contribution < 1.29 is 9.59 Å². The molecule has 0 spiro atoms. The highest BCUT2D eigenvalue weighted by Crippen LogP contribution is 2.23. The number of aliphatic hydroxyl groups excluding tert-OH is 1. The number of unbranched alkanes of at least 4 members (excludes halogenated alkanes) is 9. The van der Waals surface area contributed by atoms with Gasteiger partial charge in [0.25, 0.3) is 0 Å². The van der Waals surface area contributed by atoms with Crippen LogP contribution in [0.4, 0.5) is 0 Å². The molecule has 146 valence electrons. The number of nitrogens with zero attached hydrogens (tertiary/aromatic N) is 2. The zero-order chi connectivity index (χ0) is 18.2. The van der Waals surface area contributed by atoms with Crippen molar-refractivity contribution in [3.05, 3.63) is 12.2 Å². The van der Waals surface area contributed by atoms with Crippen molar-refractivity contribution in [1.82, 2.24) is 0 Å². The van der Waals surface area contributed by atoms with Gasteiger partial charge in [0.05, 0.1) is 19.4 Å². The van der Waals surface area contributed by atoms with E-state index in [2.05, 4.69) is 37.2 Å². The van der Waals surface area contributed by atoms with Gasteiger partial charge in [-0.2, -0.15) is 0 Å². The average molecular weight is 352 g/mol. The first-order chi connectivity index (χ1) is 12.3. The van der Waals surface area contributed by atoms with Crippen LogP contribution in [0.25, 0.3) is 0 Å². The molecule has 0 saturated carbocycles. The third kappa shape index (κ3) is 9.01. The Kier molecular flexibility index (Phi) is 13.0. The number of rotatable bonds is 16. The van der Waals surface area contributed by atoms with E-state index in [4.69, 9.17) is 0 Å². The fourth-order valence-electron chi connectivity index (χ4n) is 3.93. The van der Waals surface area contributed by atoms with E-state index in [0.717, 1.165) is 30.5 Å². The molecule has 0 aromatic heterocycles. The Morgan fingerprint density at radius 3 is 2.24 bits per heavy atom. The number of quaternary nitrogens is 1. The van der Waals surface area contributed by atoms with Crippen molar-refractivity contribution in [3.8, 4) is 0 Å². The molecule has 1 aliphatic heterocycles. The lowest BCUT2D eigenvalue weighted by Crippen LogP contribution is -2.53. The van der Waals surface area contributed by atoms with Gasteiger partial charge in [-0.05, 0) is 32.6 Å². The minimum atomic E-state index is 0.270. The van der Waals surface area contributed by atoms with E-state index in [1.807, 2.05) is 0 Å². The fraction of sp³-hybridized carbons (Fsp3) is 0.864. The monoisotopic (exact) mass is 351 g/mol. The van der Waals surface area contributed by atoms with Gasteiger partial charge >= 0.3 is 0 Å². The van der Waals surface area contributed by atoms with Crippen LogP contribution in [0, 0.1) is 0 Å². The molecule has 3 nitrogen and oxygen atoms in total. The normalized spacial score (nSPS) is 23.1. The smallest absolute Gasteiger partial charge is 0.182 e. The van der Waals surface area contributed by atoms with Crippen molar-refractivity contribution in [2.24, 2.45) is 4.99 Å². The number of allylic oxidation sites excluding steroid dienone is 2. The average Bonchev–Trinajstić information content (AvgIpc) is 3.02. The van der Waals surface area contributed by atoms with Gasteiger partial charge in [0.2, 0.25) is 0 Å². The second kappa shape index (κ2) is 14.5. The lowest BCUT2D eigenvalue weighted by molar-refractivity contribution is -0.936. The quantitative estimate of drug-likeness (QED) is 0.223. The summed E-state index contributed by atoms with van der Waals surface area (Å²) in [6.45, 7) is 7.68. The second-order valence-electron chi connectivity index (χ2n) is 7.64. The maximum absolute atomic E-state index is 9.34. The van der Waals surface area contributed by atoms with E-state index < -0.39 is 0 Å². The highest BCUT2D eigenvalue weighted by atomic mass is 16.3. The van der Waals surface area contributed by atoms with E-state index >= 15 is 0 Å². The van der Waals surface area contributed by atoms with Gasteiger partial charge in [0.15, 0.2) is 6.17 Å². The Morgan fingerprint density at radius 1 is 0.960 bits per heavy atom. The van der Waals surface area contributed by atoms with Crippen LogP contribution in [0.5, 0.6) is 0 Å². The van der Waals surface area contributed by atoms with Crippen molar-refractivity contribution in [3.63, 3.8) is 0 Å². The molecule has 0 saturated heterocycles. The Bertz CT molecular complexity index is 367. The van der Waals surface area contributed by atoms with Crippen LogP contribution in [0.1, 0.15) is 90.9 Å². The van der Waals surface area contributed by atoms with Gasteiger partial charge in [-0.25, -0.2) is 4.99 Å². The fourth-order valence-corrected chi connectivity index (χ4v) is 3.93. The summed E-state index contributed by atoms with van der Waals surface area (Å²) in [6, 6.07) is 0. The van der Waals surface area contributed by atoms with E-state index in [-0.39, 0.29) is 6.61 Å². The van der Waals surface area contributed by atoms with Crippen molar-refractivity contribution in [1.29, 1.82) is 0 Å². The number of aliphatic hydroxyl groups is 1. The SMILES string of the molecule is CCCCCCCCCC/C=C/CCCC1N=CC[N+]1(CC)CCO. The first kappa shape index (κ1) is 22.4. The summed E-state index contributed by atoms with van der Waals surface area (Å²) in [7, 11) is 0. The number of likely N-dealkylation sites (N-methyl/N-ethyl adjacent to an activating group) is 1. The second-order valence-corrected chi connectivity index (χ2v) is 7.64. The van der Waals surface area contributed by atoms with Crippen LogP contribution in [0.3, 0.4) is 0 Å². The third-order valence-electron chi connectivity index (χ3n) is 5.75. The van der Waals surface area contributed by atoms with E-state index in [1.165, 1.54) is 70.6 Å². The maximum atomic E-state index is 9.34. The van der Waals surface area contributed by atoms with Crippen molar-refractivity contribution >= 4 is 6.21 Å². The van der Waals surface area contributed by atoms with Gasteiger partial charge < -0.3 is 5.11 Å². The van der Waals surface area contributed by atoms with Crippen molar-refractivity contribution in [2.45, 2.75) is 97.1 Å². The Balaban J connectivity index is 2.00. The molecule has 1 N–H and O–H groups in total. The molecule has 1 aliphatic rings. The summed E-state index contributed by atoms with van der Waals surface area (Å²) in [5, 5.41) is 9.34. The zero-order valence-corrected chi connectivity index (χ0v) is 17.0. The summed E-state index contributed by atoms with van der Waals surface area (Å²) >= 11 is 0. The Morgan fingerprint density at radius 2 is 1.60 bits per heavy atom. The predicted molar refractivity (Wildman–Crippen MR) is 110 cm³/mol. The molecule has 2 atom stereocenters. The summed E-state index contributed by atoms with van der Waals surface area (Å²) in [6.07, 6.45) is 23.2. The van der Waals surface area contributed by atoms with E-state index in [0.29, 0.717) is 6.17 Å². The molecule has 0 bridgehead atoms. The molecule has 0 radical (unpaired) electrons. The molecule has 0 aromatic carbocycles.